The lowest BCUT2D eigenvalue weighted by Crippen LogP contribution is -2.38. The first-order valence-corrected chi connectivity index (χ1v) is 11.1. The second kappa shape index (κ2) is 8.74. The van der Waals surface area contributed by atoms with Crippen LogP contribution in [0.3, 0.4) is 0 Å². The van der Waals surface area contributed by atoms with E-state index in [9.17, 15) is 0 Å². The lowest BCUT2D eigenvalue weighted by Gasteiger charge is -2.41. The van der Waals surface area contributed by atoms with Gasteiger partial charge in [-0.25, -0.2) is 9.97 Å². The Kier molecular flexibility index (Phi) is 5.63. The maximum absolute atomic E-state index is 5.69. The number of rotatable bonds is 8. The molecule has 2 N–H and O–H groups in total. The SMILES string of the molecule is COCCn1cc(-c2nc(C(C)(c3ccc(-c4cnc(N)nc4)cc3)C3CCC3)no2)cn1. The highest BCUT2D eigenvalue weighted by atomic mass is 16.5. The molecule has 1 aliphatic rings. The van der Waals surface area contributed by atoms with Crippen LogP contribution in [0, 0.1) is 5.92 Å². The molecule has 1 unspecified atom stereocenters. The summed E-state index contributed by atoms with van der Waals surface area (Å²) in [5, 5.41) is 8.78. The lowest BCUT2D eigenvalue weighted by molar-refractivity contribution is 0.183. The number of hydrogen-bond donors (Lipinski definition) is 1. The van der Waals surface area contributed by atoms with Crippen molar-refractivity contribution in [2.45, 2.75) is 38.1 Å². The van der Waals surface area contributed by atoms with Crippen molar-refractivity contribution in [1.29, 1.82) is 0 Å². The number of methoxy groups -OCH3 is 1. The molecule has 0 saturated heterocycles. The Labute approximate surface area is 192 Å². The number of nitrogens with two attached hydrogens (primary N) is 1. The standard InChI is InChI=1S/C24H27N7O2/c1-24(19-4-3-5-19,20-8-6-16(7-9-20)17-12-26-23(25)27-13-17)22-29-21(33-30-22)18-14-28-31(15-18)10-11-32-2/h6-9,12-15,19H,3-5,10-11H2,1-2H3,(H2,25,26,27). The van der Waals surface area contributed by atoms with Gasteiger partial charge in [0.25, 0.3) is 5.89 Å². The van der Waals surface area contributed by atoms with Crippen LogP contribution >= 0.6 is 0 Å². The van der Waals surface area contributed by atoms with Crippen molar-refractivity contribution in [1.82, 2.24) is 29.9 Å². The molecule has 0 spiro atoms. The molecule has 170 valence electrons. The van der Waals surface area contributed by atoms with Gasteiger partial charge in [0.05, 0.1) is 30.3 Å². The minimum absolute atomic E-state index is 0.269. The lowest BCUT2D eigenvalue weighted by atomic mass is 9.62. The number of ether oxygens (including phenoxy) is 1. The van der Waals surface area contributed by atoms with Crippen molar-refractivity contribution in [3.63, 3.8) is 0 Å². The van der Waals surface area contributed by atoms with Crippen LogP contribution < -0.4 is 5.73 Å². The number of benzene rings is 1. The van der Waals surface area contributed by atoms with Crippen molar-refractivity contribution in [2.24, 2.45) is 5.92 Å². The van der Waals surface area contributed by atoms with Crippen LogP contribution in [0.15, 0.2) is 53.6 Å². The van der Waals surface area contributed by atoms with E-state index in [4.69, 9.17) is 20.0 Å². The van der Waals surface area contributed by atoms with Gasteiger partial charge in [0, 0.05) is 31.3 Å². The molecule has 1 aromatic carbocycles. The zero-order valence-electron chi connectivity index (χ0n) is 18.8. The van der Waals surface area contributed by atoms with E-state index in [1.54, 1.807) is 25.7 Å². The summed E-state index contributed by atoms with van der Waals surface area (Å²) in [6.45, 7) is 3.48. The van der Waals surface area contributed by atoms with Crippen LogP contribution in [-0.4, -0.2) is 43.6 Å². The first-order chi connectivity index (χ1) is 16.1. The maximum atomic E-state index is 5.69. The molecule has 0 bridgehead atoms. The topological polar surface area (TPSA) is 118 Å². The summed E-state index contributed by atoms with van der Waals surface area (Å²) in [7, 11) is 1.67. The van der Waals surface area contributed by atoms with Crippen LogP contribution in [0.4, 0.5) is 5.95 Å². The van der Waals surface area contributed by atoms with Crippen LogP contribution in [0.5, 0.6) is 0 Å². The quantitative estimate of drug-likeness (QED) is 0.436. The Balaban J connectivity index is 1.45. The summed E-state index contributed by atoms with van der Waals surface area (Å²) in [6, 6.07) is 8.45. The zero-order valence-corrected chi connectivity index (χ0v) is 18.8. The minimum Gasteiger partial charge on any atom is -0.383 e. The van der Waals surface area contributed by atoms with Crippen molar-refractivity contribution in [3.05, 3.63) is 60.4 Å². The van der Waals surface area contributed by atoms with Crippen molar-refractivity contribution < 1.29 is 9.26 Å². The van der Waals surface area contributed by atoms with E-state index in [2.05, 4.69) is 51.4 Å². The van der Waals surface area contributed by atoms with E-state index >= 15 is 0 Å². The second-order valence-corrected chi connectivity index (χ2v) is 8.65. The van der Waals surface area contributed by atoms with E-state index in [1.807, 2.05) is 10.9 Å². The number of anilines is 1. The van der Waals surface area contributed by atoms with Gasteiger partial charge in [-0.1, -0.05) is 35.8 Å². The van der Waals surface area contributed by atoms with Gasteiger partial charge in [-0.3, -0.25) is 4.68 Å². The maximum Gasteiger partial charge on any atom is 0.261 e. The number of nitrogen functional groups attached to an aromatic ring is 1. The highest BCUT2D eigenvalue weighted by Crippen LogP contribution is 2.47. The van der Waals surface area contributed by atoms with E-state index in [0.717, 1.165) is 35.1 Å². The Morgan fingerprint density at radius 3 is 2.52 bits per heavy atom. The molecule has 1 saturated carbocycles. The molecular weight excluding hydrogens is 418 g/mol. The first kappa shape index (κ1) is 21.3. The van der Waals surface area contributed by atoms with Crippen molar-refractivity contribution in [3.8, 4) is 22.6 Å². The smallest absolute Gasteiger partial charge is 0.261 e. The minimum atomic E-state index is -0.345. The molecule has 1 fully saturated rings. The predicted octanol–water partition coefficient (Wildman–Crippen LogP) is 3.72. The molecule has 3 heterocycles. The highest BCUT2D eigenvalue weighted by Gasteiger charge is 2.44. The van der Waals surface area contributed by atoms with Crippen LogP contribution in [0.25, 0.3) is 22.6 Å². The Morgan fingerprint density at radius 1 is 1.09 bits per heavy atom. The molecule has 33 heavy (non-hydrogen) atoms. The van der Waals surface area contributed by atoms with Gasteiger partial charge in [0.2, 0.25) is 5.95 Å². The Morgan fingerprint density at radius 2 is 1.85 bits per heavy atom. The van der Waals surface area contributed by atoms with Crippen molar-refractivity contribution in [2.75, 3.05) is 19.5 Å². The number of aromatic nitrogens is 6. The fourth-order valence-electron chi connectivity index (χ4n) is 4.36. The third-order valence-electron chi connectivity index (χ3n) is 6.71. The van der Waals surface area contributed by atoms with Crippen LogP contribution in [0.1, 0.15) is 37.6 Å². The van der Waals surface area contributed by atoms with Crippen molar-refractivity contribution >= 4 is 5.95 Å². The Hall–Kier alpha value is -3.59. The average Bonchev–Trinajstić information content (AvgIpc) is 3.47. The summed E-state index contributed by atoms with van der Waals surface area (Å²) >= 11 is 0. The molecule has 3 aromatic heterocycles. The van der Waals surface area contributed by atoms with Gasteiger partial charge in [-0.05, 0) is 36.8 Å². The fraction of sp³-hybridized carbons (Fsp3) is 0.375. The molecule has 0 aliphatic heterocycles. The third-order valence-corrected chi connectivity index (χ3v) is 6.71. The van der Waals surface area contributed by atoms with Gasteiger partial charge in [0.15, 0.2) is 5.82 Å². The summed E-state index contributed by atoms with van der Waals surface area (Å²) in [5.74, 6) is 1.91. The molecule has 4 aromatic rings. The predicted molar refractivity (Wildman–Crippen MR) is 123 cm³/mol. The van der Waals surface area contributed by atoms with Crippen LogP contribution in [-0.2, 0) is 16.7 Å². The van der Waals surface area contributed by atoms with Crippen LogP contribution in [0.2, 0.25) is 0 Å². The molecule has 1 atom stereocenters. The summed E-state index contributed by atoms with van der Waals surface area (Å²) < 4.78 is 12.6. The molecule has 9 nitrogen and oxygen atoms in total. The monoisotopic (exact) mass is 445 g/mol. The summed E-state index contributed by atoms with van der Waals surface area (Å²) in [6.07, 6.45) is 10.6. The van der Waals surface area contributed by atoms with E-state index in [0.29, 0.717) is 30.8 Å². The zero-order chi connectivity index (χ0) is 22.8. The van der Waals surface area contributed by atoms with Gasteiger partial charge in [-0.15, -0.1) is 0 Å². The largest absolute Gasteiger partial charge is 0.383 e. The molecule has 5 rings (SSSR count). The van der Waals surface area contributed by atoms with E-state index in [-0.39, 0.29) is 11.4 Å². The summed E-state index contributed by atoms with van der Waals surface area (Å²) in [5.41, 5.74) is 9.20. The average molecular weight is 446 g/mol. The molecule has 1 aliphatic carbocycles. The van der Waals surface area contributed by atoms with Gasteiger partial charge >= 0.3 is 0 Å². The summed E-state index contributed by atoms with van der Waals surface area (Å²) in [4.78, 5) is 13.0. The van der Waals surface area contributed by atoms with E-state index in [1.165, 1.54) is 6.42 Å². The molecule has 0 radical (unpaired) electrons. The molecule has 9 heteroatoms. The van der Waals surface area contributed by atoms with Gasteiger partial charge in [-0.2, -0.15) is 10.1 Å². The Bertz CT molecular complexity index is 1210. The normalized spacial score (nSPS) is 15.8. The number of hydrogen-bond acceptors (Lipinski definition) is 8. The number of nitrogens with zero attached hydrogens (tertiary/aromatic N) is 6. The molecule has 0 amide bonds. The van der Waals surface area contributed by atoms with Gasteiger partial charge < -0.3 is 15.0 Å². The van der Waals surface area contributed by atoms with E-state index < -0.39 is 0 Å². The second-order valence-electron chi connectivity index (χ2n) is 8.65. The fourth-order valence-corrected chi connectivity index (χ4v) is 4.36. The van der Waals surface area contributed by atoms with Gasteiger partial charge in [0.1, 0.15) is 0 Å². The highest BCUT2D eigenvalue weighted by molar-refractivity contribution is 5.62. The molecular formula is C24H27N7O2. The third kappa shape index (κ3) is 4.00. The first-order valence-electron chi connectivity index (χ1n) is 11.1.